The monoisotopic (exact) mass is 421 g/mol. The van der Waals surface area contributed by atoms with Gasteiger partial charge in [-0.1, -0.05) is 54.6 Å². The van der Waals surface area contributed by atoms with Crippen LogP contribution < -0.4 is 9.64 Å². The van der Waals surface area contributed by atoms with Gasteiger partial charge in [0, 0.05) is 22.3 Å². The molecule has 0 fully saturated rings. The van der Waals surface area contributed by atoms with Crippen LogP contribution in [0.25, 0.3) is 0 Å². The number of carbonyl (C=O) groups is 1. The van der Waals surface area contributed by atoms with Crippen LogP contribution in [0.15, 0.2) is 84.9 Å². The van der Waals surface area contributed by atoms with Crippen LogP contribution in [0.4, 0.5) is 10.1 Å². The molecule has 2 aliphatic rings. The van der Waals surface area contributed by atoms with Crippen molar-refractivity contribution < 1.29 is 13.9 Å². The van der Waals surface area contributed by atoms with E-state index in [1.807, 2.05) is 74.5 Å². The van der Waals surface area contributed by atoms with Crippen LogP contribution in [0.5, 0.6) is 11.5 Å². The number of rotatable bonds is 1. The van der Waals surface area contributed by atoms with Gasteiger partial charge in [0.05, 0.1) is 5.69 Å². The van der Waals surface area contributed by atoms with Crippen molar-refractivity contribution in [1.29, 1.82) is 0 Å². The van der Waals surface area contributed by atoms with E-state index in [4.69, 9.17) is 4.74 Å². The van der Waals surface area contributed by atoms with Crippen molar-refractivity contribution in [2.24, 2.45) is 0 Å². The van der Waals surface area contributed by atoms with Crippen molar-refractivity contribution in [1.82, 2.24) is 0 Å². The molecule has 0 aromatic heterocycles. The second-order valence-corrected chi connectivity index (χ2v) is 8.45. The van der Waals surface area contributed by atoms with Crippen LogP contribution in [-0.2, 0) is 5.54 Å². The maximum absolute atomic E-state index is 15.2. The molecule has 0 saturated heterocycles. The van der Waals surface area contributed by atoms with Gasteiger partial charge in [-0.2, -0.15) is 0 Å². The van der Waals surface area contributed by atoms with Gasteiger partial charge in [-0.25, -0.2) is 4.39 Å². The SMILES string of the molecule is Cc1ccc2c(c1)Oc1cc(C)ccc1C21c2ccccc2C(=O)N1c1ccccc1F. The smallest absolute Gasteiger partial charge is 0.260 e. The van der Waals surface area contributed by atoms with Crippen LogP contribution in [0.3, 0.4) is 0 Å². The lowest BCUT2D eigenvalue weighted by Crippen LogP contribution is -2.48. The molecule has 2 aliphatic heterocycles. The minimum Gasteiger partial charge on any atom is -0.457 e. The quantitative estimate of drug-likeness (QED) is 0.351. The topological polar surface area (TPSA) is 29.5 Å². The number of amides is 1. The Kier molecular flexibility index (Phi) is 3.84. The number of aryl methyl sites for hydroxylation is 2. The van der Waals surface area contributed by atoms with E-state index in [2.05, 4.69) is 0 Å². The number of carbonyl (C=O) groups excluding carboxylic acids is 1. The summed E-state index contributed by atoms with van der Waals surface area (Å²) in [5.41, 5.74) is 4.33. The van der Waals surface area contributed by atoms with Crippen LogP contribution in [0.2, 0.25) is 0 Å². The highest BCUT2D eigenvalue weighted by Gasteiger charge is 2.57. The number of benzene rings is 4. The van der Waals surface area contributed by atoms with Gasteiger partial charge < -0.3 is 4.74 Å². The molecule has 3 nitrogen and oxygen atoms in total. The van der Waals surface area contributed by atoms with Crippen LogP contribution in [0, 0.1) is 19.7 Å². The minimum absolute atomic E-state index is 0.231. The molecule has 0 unspecified atom stereocenters. The maximum Gasteiger partial charge on any atom is 0.260 e. The van der Waals surface area contributed by atoms with E-state index in [1.54, 1.807) is 23.1 Å². The summed E-state index contributed by atoms with van der Waals surface area (Å²) >= 11 is 0. The van der Waals surface area contributed by atoms with Crippen LogP contribution >= 0.6 is 0 Å². The number of hydrogen-bond acceptors (Lipinski definition) is 2. The molecule has 0 N–H and O–H groups in total. The van der Waals surface area contributed by atoms with Gasteiger partial charge in [-0.15, -0.1) is 0 Å². The summed E-state index contributed by atoms with van der Waals surface area (Å²) in [6, 6.07) is 26.0. The average molecular weight is 421 g/mol. The number of nitrogens with zero attached hydrogens (tertiary/aromatic N) is 1. The predicted molar refractivity (Wildman–Crippen MR) is 122 cm³/mol. The van der Waals surface area contributed by atoms with Gasteiger partial charge in [0.15, 0.2) is 0 Å². The summed E-state index contributed by atoms with van der Waals surface area (Å²) < 4.78 is 21.6. The lowest BCUT2D eigenvalue weighted by Gasteiger charge is -2.44. The maximum atomic E-state index is 15.2. The zero-order chi connectivity index (χ0) is 22.0. The second-order valence-electron chi connectivity index (χ2n) is 8.45. The zero-order valence-electron chi connectivity index (χ0n) is 17.7. The molecule has 4 aromatic carbocycles. The van der Waals surface area contributed by atoms with Gasteiger partial charge in [-0.05, 0) is 55.3 Å². The van der Waals surface area contributed by atoms with E-state index in [9.17, 15) is 4.79 Å². The van der Waals surface area contributed by atoms with Crippen molar-refractivity contribution in [2.75, 3.05) is 4.90 Å². The van der Waals surface area contributed by atoms with E-state index >= 15 is 4.39 Å². The van der Waals surface area contributed by atoms with Crippen molar-refractivity contribution in [3.05, 3.63) is 124 Å². The van der Waals surface area contributed by atoms with E-state index < -0.39 is 11.4 Å². The van der Waals surface area contributed by atoms with Crippen LogP contribution in [0.1, 0.15) is 38.2 Å². The molecule has 0 aliphatic carbocycles. The summed E-state index contributed by atoms with van der Waals surface area (Å²) in [6.07, 6.45) is 0. The van der Waals surface area contributed by atoms with E-state index in [1.165, 1.54) is 6.07 Å². The third kappa shape index (κ3) is 2.32. The second kappa shape index (κ2) is 6.54. The van der Waals surface area contributed by atoms with Crippen molar-refractivity contribution in [3.63, 3.8) is 0 Å². The summed E-state index contributed by atoms with van der Waals surface area (Å²) in [6.45, 7) is 4.01. The fourth-order valence-corrected chi connectivity index (χ4v) is 5.12. The molecule has 4 heteroatoms. The number of hydrogen-bond donors (Lipinski definition) is 0. The first kappa shape index (κ1) is 18.8. The predicted octanol–water partition coefficient (Wildman–Crippen LogP) is 6.50. The Balaban J connectivity index is 1.81. The molecular weight excluding hydrogens is 401 g/mol. The third-order valence-corrected chi connectivity index (χ3v) is 6.45. The van der Waals surface area contributed by atoms with Crippen molar-refractivity contribution in [2.45, 2.75) is 19.4 Å². The Labute approximate surface area is 185 Å². The Bertz CT molecular complexity index is 1370. The Hall–Kier alpha value is -3.92. The van der Waals surface area contributed by atoms with Crippen molar-refractivity contribution in [3.8, 4) is 11.5 Å². The molecule has 0 atom stereocenters. The normalized spacial score (nSPS) is 15.2. The first-order valence-electron chi connectivity index (χ1n) is 10.6. The molecule has 6 rings (SSSR count). The number of para-hydroxylation sites is 1. The molecule has 156 valence electrons. The summed E-state index contributed by atoms with van der Waals surface area (Å²) in [7, 11) is 0. The molecule has 1 amide bonds. The lowest BCUT2D eigenvalue weighted by molar-refractivity contribution is 0.0984. The molecular formula is C28H20FNO2. The van der Waals surface area contributed by atoms with E-state index in [0.717, 1.165) is 27.8 Å². The number of anilines is 1. The molecule has 0 radical (unpaired) electrons. The average Bonchev–Trinajstić information content (AvgIpc) is 3.03. The summed E-state index contributed by atoms with van der Waals surface area (Å²) in [5, 5.41) is 0. The standard InChI is InChI=1S/C28H20FNO2/c1-17-11-13-21-25(15-17)32-26-16-18(2)12-14-22(26)28(21)20-8-4-3-7-19(20)27(31)30(28)24-10-6-5-9-23(24)29/h3-16H,1-2H3. The Morgan fingerprint density at radius 3 is 2.00 bits per heavy atom. The van der Waals surface area contributed by atoms with Gasteiger partial charge in [0.25, 0.3) is 5.91 Å². The highest BCUT2D eigenvalue weighted by molar-refractivity contribution is 6.14. The largest absolute Gasteiger partial charge is 0.457 e. The Morgan fingerprint density at radius 2 is 1.34 bits per heavy atom. The highest BCUT2D eigenvalue weighted by Crippen LogP contribution is 2.58. The first-order valence-corrected chi connectivity index (χ1v) is 10.6. The third-order valence-electron chi connectivity index (χ3n) is 6.45. The molecule has 0 saturated carbocycles. The molecule has 4 aromatic rings. The van der Waals surface area contributed by atoms with Gasteiger partial charge in [0.2, 0.25) is 0 Å². The highest BCUT2D eigenvalue weighted by atomic mass is 19.1. The number of fused-ring (bicyclic) bond motifs is 6. The summed E-state index contributed by atoms with van der Waals surface area (Å²) in [4.78, 5) is 15.5. The van der Waals surface area contributed by atoms with Crippen molar-refractivity contribution >= 4 is 11.6 Å². The zero-order valence-corrected chi connectivity index (χ0v) is 17.7. The molecule has 32 heavy (non-hydrogen) atoms. The van der Waals surface area contributed by atoms with E-state index in [-0.39, 0.29) is 11.6 Å². The lowest BCUT2D eigenvalue weighted by atomic mass is 9.74. The van der Waals surface area contributed by atoms with Gasteiger partial charge in [-0.3, -0.25) is 9.69 Å². The van der Waals surface area contributed by atoms with Gasteiger partial charge >= 0.3 is 0 Å². The van der Waals surface area contributed by atoms with E-state index in [0.29, 0.717) is 17.1 Å². The van der Waals surface area contributed by atoms with Crippen LogP contribution in [-0.4, -0.2) is 5.91 Å². The minimum atomic E-state index is -1.04. The van der Waals surface area contributed by atoms with Gasteiger partial charge in [0.1, 0.15) is 22.9 Å². The summed E-state index contributed by atoms with van der Waals surface area (Å²) in [5.74, 6) is 0.676. The molecule has 2 heterocycles. The molecule has 0 bridgehead atoms. The Morgan fingerprint density at radius 1 is 0.750 bits per heavy atom. The number of ether oxygens (including phenoxy) is 1. The fourth-order valence-electron chi connectivity index (χ4n) is 5.12. The first-order chi connectivity index (χ1) is 15.5. The number of halogens is 1. The molecule has 1 spiro atoms. The fraction of sp³-hybridized carbons (Fsp3) is 0.107.